The molecule has 2 fully saturated rings. The van der Waals surface area contributed by atoms with Crippen LogP contribution in [0.4, 0.5) is 0 Å². The third kappa shape index (κ3) is 16.4. The molecule has 2 aliphatic heterocycles. The van der Waals surface area contributed by atoms with E-state index in [0.717, 1.165) is 76.6 Å². The van der Waals surface area contributed by atoms with E-state index in [-0.39, 0.29) is 23.7 Å². The van der Waals surface area contributed by atoms with Crippen LogP contribution in [0.5, 0.6) is 0 Å². The third-order valence-electron chi connectivity index (χ3n) is 11.5. The Labute approximate surface area is 393 Å². The lowest BCUT2D eigenvalue weighted by molar-refractivity contribution is -0.115. The standard InChI is InChI=1S/2C24H27BN2O2.2C3H6O/c2*28-25(29)23-14-8-7-13-22(23)19-26-15-17-27(18-16-26)24(20-9-3-1-4-10-20)21-11-5-2-6-12-21;2*1-3(2)4/h2*1-14,24,28-29H,15-19H2;2*1-2H3. The van der Waals surface area contributed by atoms with Gasteiger partial charge < -0.3 is 29.7 Å². The molecule has 2 saturated heterocycles. The number of hydrogen-bond acceptors (Lipinski definition) is 10. The molecule has 6 aromatic rings. The Morgan fingerprint density at radius 2 is 0.621 bits per heavy atom. The van der Waals surface area contributed by atoms with Crippen LogP contribution in [0.1, 0.15) is 73.2 Å². The molecular formula is C54H66B2N4O6. The molecule has 2 heterocycles. The Morgan fingerprint density at radius 3 is 0.864 bits per heavy atom. The molecule has 10 nitrogen and oxygen atoms in total. The van der Waals surface area contributed by atoms with E-state index in [1.54, 1.807) is 12.1 Å². The summed E-state index contributed by atoms with van der Waals surface area (Å²) < 4.78 is 0. The summed E-state index contributed by atoms with van der Waals surface area (Å²) in [5.41, 5.74) is 8.45. The highest BCUT2D eigenvalue weighted by Gasteiger charge is 2.29. The van der Waals surface area contributed by atoms with Gasteiger partial charge in [0.25, 0.3) is 0 Å². The molecule has 0 aromatic heterocycles. The van der Waals surface area contributed by atoms with Crippen LogP contribution >= 0.6 is 0 Å². The van der Waals surface area contributed by atoms with E-state index in [2.05, 4.69) is 141 Å². The molecule has 0 unspecified atom stereocenters. The van der Waals surface area contributed by atoms with Gasteiger partial charge in [0.05, 0.1) is 12.1 Å². The molecule has 4 N–H and O–H groups in total. The second-order valence-corrected chi connectivity index (χ2v) is 17.0. The Bertz CT molecular complexity index is 2060. The number of ketones is 2. The first-order chi connectivity index (χ1) is 31.9. The van der Waals surface area contributed by atoms with Crippen molar-refractivity contribution in [3.05, 3.63) is 203 Å². The monoisotopic (exact) mass is 889 g/mol. The van der Waals surface area contributed by atoms with Crippen molar-refractivity contribution >= 4 is 36.7 Å². The van der Waals surface area contributed by atoms with E-state index in [1.165, 1.54) is 49.9 Å². The van der Waals surface area contributed by atoms with Gasteiger partial charge in [0, 0.05) is 65.4 Å². The Balaban J connectivity index is 0.000000213. The first-order valence-corrected chi connectivity index (χ1v) is 22.9. The topological polar surface area (TPSA) is 128 Å². The van der Waals surface area contributed by atoms with Gasteiger partial charge in [0.15, 0.2) is 0 Å². The van der Waals surface area contributed by atoms with E-state index >= 15 is 0 Å². The summed E-state index contributed by atoms with van der Waals surface area (Å²) in [4.78, 5) is 28.8. The number of rotatable bonds is 12. The zero-order chi connectivity index (χ0) is 47.3. The number of carbonyl (C=O) groups is 2. The summed E-state index contributed by atoms with van der Waals surface area (Å²) >= 11 is 0. The molecule has 0 radical (unpaired) electrons. The quantitative estimate of drug-likeness (QED) is 0.113. The zero-order valence-corrected chi connectivity index (χ0v) is 38.9. The summed E-state index contributed by atoms with van der Waals surface area (Å²) in [5, 5.41) is 38.5. The average Bonchev–Trinajstić information content (AvgIpc) is 3.32. The minimum Gasteiger partial charge on any atom is -0.423 e. The van der Waals surface area contributed by atoms with E-state index in [9.17, 15) is 29.7 Å². The fraction of sp³-hybridized carbons (Fsp3) is 0.296. The van der Waals surface area contributed by atoms with Crippen LogP contribution in [-0.4, -0.2) is 118 Å². The first kappa shape index (κ1) is 51.5. The lowest BCUT2D eigenvalue weighted by Gasteiger charge is -2.40. The van der Waals surface area contributed by atoms with E-state index in [4.69, 9.17) is 0 Å². The lowest BCUT2D eigenvalue weighted by atomic mass is 9.77. The van der Waals surface area contributed by atoms with Crippen LogP contribution < -0.4 is 10.9 Å². The molecule has 8 rings (SSSR count). The highest BCUT2D eigenvalue weighted by molar-refractivity contribution is 6.59. The summed E-state index contributed by atoms with van der Waals surface area (Å²) in [6, 6.07) is 58.5. The smallest absolute Gasteiger partial charge is 0.423 e. The zero-order valence-electron chi connectivity index (χ0n) is 38.9. The van der Waals surface area contributed by atoms with Crippen molar-refractivity contribution in [3.63, 3.8) is 0 Å². The number of nitrogens with zero attached hydrogens (tertiary/aromatic N) is 4. The first-order valence-electron chi connectivity index (χ1n) is 22.9. The van der Waals surface area contributed by atoms with Crippen LogP contribution in [0.15, 0.2) is 170 Å². The molecule has 6 aromatic carbocycles. The molecule has 344 valence electrons. The Hall–Kier alpha value is -5.53. The maximum atomic E-state index is 9.63. The van der Waals surface area contributed by atoms with Crippen LogP contribution in [0.2, 0.25) is 0 Å². The number of carbonyl (C=O) groups excluding carboxylic acids is 2. The van der Waals surface area contributed by atoms with Crippen molar-refractivity contribution in [2.24, 2.45) is 0 Å². The summed E-state index contributed by atoms with van der Waals surface area (Å²) in [5.74, 6) is 0.333. The minimum absolute atomic E-state index is 0.167. The molecule has 0 spiro atoms. The number of benzene rings is 6. The second kappa shape index (κ2) is 27.2. The maximum absolute atomic E-state index is 9.63. The predicted molar refractivity (Wildman–Crippen MR) is 268 cm³/mol. The summed E-state index contributed by atoms with van der Waals surface area (Å²) in [7, 11) is -2.85. The van der Waals surface area contributed by atoms with Crippen molar-refractivity contribution in [1.29, 1.82) is 0 Å². The van der Waals surface area contributed by atoms with Crippen molar-refractivity contribution in [2.45, 2.75) is 52.9 Å². The summed E-state index contributed by atoms with van der Waals surface area (Å²) in [6.45, 7) is 15.3. The van der Waals surface area contributed by atoms with Crippen LogP contribution in [-0.2, 0) is 22.7 Å². The molecule has 0 atom stereocenters. The minimum atomic E-state index is -1.42. The molecule has 66 heavy (non-hydrogen) atoms. The molecule has 12 heteroatoms. The summed E-state index contributed by atoms with van der Waals surface area (Å²) in [6.07, 6.45) is 0. The maximum Gasteiger partial charge on any atom is 0.488 e. The second-order valence-electron chi connectivity index (χ2n) is 17.0. The van der Waals surface area contributed by atoms with Gasteiger partial charge in [0.1, 0.15) is 11.6 Å². The highest BCUT2D eigenvalue weighted by Crippen LogP contribution is 2.31. The van der Waals surface area contributed by atoms with Crippen molar-refractivity contribution in [1.82, 2.24) is 19.6 Å². The molecule has 0 bridgehead atoms. The van der Waals surface area contributed by atoms with Gasteiger partial charge >= 0.3 is 14.2 Å². The van der Waals surface area contributed by atoms with Crippen LogP contribution in [0.25, 0.3) is 0 Å². The fourth-order valence-corrected chi connectivity index (χ4v) is 8.47. The average molecular weight is 889 g/mol. The van der Waals surface area contributed by atoms with E-state index in [1.807, 2.05) is 36.4 Å². The van der Waals surface area contributed by atoms with Gasteiger partial charge in [-0.1, -0.05) is 170 Å². The fourth-order valence-electron chi connectivity index (χ4n) is 8.47. The van der Waals surface area contributed by atoms with Crippen molar-refractivity contribution in [2.75, 3.05) is 52.4 Å². The number of hydrogen-bond donors (Lipinski definition) is 4. The van der Waals surface area contributed by atoms with Crippen LogP contribution in [0.3, 0.4) is 0 Å². The van der Waals surface area contributed by atoms with Gasteiger partial charge in [-0.05, 0) is 72.0 Å². The highest BCUT2D eigenvalue weighted by atomic mass is 16.4. The number of Topliss-reactive ketones (excluding diaryl/α,β-unsaturated/α-hetero) is 2. The molecule has 0 saturated carbocycles. The van der Waals surface area contributed by atoms with E-state index < -0.39 is 14.2 Å². The molecule has 0 amide bonds. The van der Waals surface area contributed by atoms with Gasteiger partial charge in [-0.3, -0.25) is 19.6 Å². The van der Waals surface area contributed by atoms with Crippen molar-refractivity contribution in [3.8, 4) is 0 Å². The third-order valence-corrected chi connectivity index (χ3v) is 11.5. The van der Waals surface area contributed by atoms with Crippen LogP contribution in [0, 0.1) is 0 Å². The van der Waals surface area contributed by atoms with Gasteiger partial charge in [-0.2, -0.15) is 0 Å². The predicted octanol–water partition coefficient (Wildman–Crippen LogP) is 5.74. The molecular weight excluding hydrogens is 822 g/mol. The SMILES string of the molecule is CC(C)=O.CC(C)=O.OB(O)c1ccccc1CN1CCN(C(c2ccccc2)c2ccccc2)CC1.OB(O)c1ccccc1CN1CCN(C(c2ccccc2)c2ccccc2)CC1. The van der Waals surface area contributed by atoms with Gasteiger partial charge in [0.2, 0.25) is 0 Å². The van der Waals surface area contributed by atoms with Gasteiger partial charge in [-0.25, -0.2) is 0 Å². The van der Waals surface area contributed by atoms with E-state index in [0.29, 0.717) is 10.9 Å². The normalized spacial score (nSPS) is 14.5. The van der Waals surface area contributed by atoms with Gasteiger partial charge in [-0.15, -0.1) is 0 Å². The Kier molecular flexibility index (Phi) is 21.2. The number of piperazine rings is 2. The largest absolute Gasteiger partial charge is 0.488 e. The Morgan fingerprint density at radius 1 is 0.394 bits per heavy atom. The van der Waals surface area contributed by atoms with Crippen molar-refractivity contribution < 1.29 is 29.7 Å². The molecule has 2 aliphatic rings. The molecule has 0 aliphatic carbocycles. The lowest BCUT2D eigenvalue weighted by Crippen LogP contribution is -2.48.